The zero-order valence-corrected chi connectivity index (χ0v) is 24.6. The molecule has 0 radical (unpaired) electrons. The molecule has 3 aromatic carbocycles. The lowest BCUT2D eigenvalue weighted by molar-refractivity contribution is -0.141. The minimum absolute atomic E-state index is 0.0963. The van der Waals surface area contributed by atoms with Crippen LogP contribution in [-0.4, -0.2) is 54.6 Å². The Bertz CT molecular complexity index is 1370. The van der Waals surface area contributed by atoms with Crippen LogP contribution in [0.4, 0.5) is 0 Å². The maximum absolute atomic E-state index is 13.9. The normalized spacial score (nSPS) is 12.7. The van der Waals surface area contributed by atoms with Crippen LogP contribution in [0.3, 0.4) is 0 Å². The van der Waals surface area contributed by atoms with E-state index in [-0.39, 0.29) is 23.8 Å². The molecule has 0 bridgehead atoms. The van der Waals surface area contributed by atoms with Crippen molar-refractivity contribution in [1.82, 2.24) is 14.5 Å². The zero-order valence-electron chi connectivity index (χ0n) is 23.0. The first-order valence-electron chi connectivity index (χ1n) is 12.7. The second-order valence-corrected chi connectivity index (χ2v) is 13.1. The number of hydrogen-bond acceptors (Lipinski definition) is 4. The van der Waals surface area contributed by atoms with Gasteiger partial charge in [-0.3, -0.25) is 9.59 Å². The van der Waals surface area contributed by atoms with Crippen LogP contribution in [0.2, 0.25) is 5.02 Å². The van der Waals surface area contributed by atoms with Gasteiger partial charge < -0.3 is 10.2 Å². The molecule has 0 spiro atoms. The molecular weight excluding hydrogens is 534 g/mol. The fourth-order valence-electron chi connectivity index (χ4n) is 4.05. The molecule has 39 heavy (non-hydrogen) atoms. The van der Waals surface area contributed by atoms with E-state index in [1.54, 1.807) is 36.4 Å². The van der Waals surface area contributed by atoms with E-state index < -0.39 is 34.1 Å². The summed E-state index contributed by atoms with van der Waals surface area (Å²) in [5.41, 5.74) is 2.03. The van der Waals surface area contributed by atoms with Crippen molar-refractivity contribution in [3.63, 3.8) is 0 Å². The summed E-state index contributed by atoms with van der Waals surface area (Å²) in [4.78, 5) is 29.1. The fourth-order valence-corrected chi connectivity index (χ4v) is 5.30. The lowest BCUT2D eigenvalue weighted by Gasteiger charge is -2.34. The molecule has 0 aliphatic carbocycles. The number of benzene rings is 3. The van der Waals surface area contributed by atoms with Gasteiger partial charge in [0.1, 0.15) is 6.04 Å². The highest BCUT2D eigenvalue weighted by Gasteiger charge is 2.34. The predicted molar refractivity (Wildman–Crippen MR) is 155 cm³/mol. The Hall–Kier alpha value is -3.20. The third-order valence-corrected chi connectivity index (χ3v) is 8.19. The second kappa shape index (κ2) is 12.8. The molecule has 0 unspecified atom stereocenters. The van der Waals surface area contributed by atoms with Gasteiger partial charge in [-0.2, -0.15) is 4.31 Å². The number of rotatable bonds is 10. The monoisotopic (exact) mass is 569 g/mol. The number of halogens is 1. The molecule has 0 saturated carbocycles. The number of nitrogens with one attached hydrogen (secondary N) is 1. The molecule has 7 nitrogen and oxygen atoms in total. The summed E-state index contributed by atoms with van der Waals surface area (Å²) in [6, 6.07) is 22.0. The summed E-state index contributed by atoms with van der Waals surface area (Å²) >= 11 is 6.07. The van der Waals surface area contributed by atoms with E-state index in [9.17, 15) is 18.0 Å². The molecular formula is C30H36ClN3O4S. The van der Waals surface area contributed by atoms with Crippen LogP contribution in [0.15, 0.2) is 83.8 Å². The van der Waals surface area contributed by atoms with Crippen molar-refractivity contribution in [3.8, 4) is 0 Å². The maximum atomic E-state index is 13.9. The molecule has 3 aromatic rings. The average molecular weight is 570 g/mol. The number of amides is 2. The Kier molecular flexibility index (Phi) is 9.93. The number of carbonyl (C=O) groups is 2. The summed E-state index contributed by atoms with van der Waals surface area (Å²) in [6.07, 6.45) is 0.260. The fraction of sp³-hybridized carbons (Fsp3) is 0.333. The van der Waals surface area contributed by atoms with Gasteiger partial charge in [0.25, 0.3) is 0 Å². The standard InChI is InChI=1S/C30H36ClN3O4S/c1-22-11-17-26(18-12-22)39(37,38)33(5)21-28(35)34(20-24-13-15-25(31)16-14-24)27(29(36)32-30(2,3)4)19-23-9-7-6-8-10-23/h6-18,27H,19-21H2,1-5H3,(H,32,36)/t27-/m0/s1. The average Bonchev–Trinajstić information content (AvgIpc) is 2.87. The van der Waals surface area contributed by atoms with Gasteiger partial charge >= 0.3 is 0 Å². The molecule has 2 amide bonds. The predicted octanol–water partition coefficient (Wildman–Crippen LogP) is 4.82. The molecule has 208 valence electrons. The summed E-state index contributed by atoms with van der Waals surface area (Å²) in [5.74, 6) is -0.814. The van der Waals surface area contributed by atoms with E-state index in [4.69, 9.17) is 11.6 Å². The second-order valence-electron chi connectivity index (χ2n) is 10.7. The quantitative estimate of drug-likeness (QED) is 0.379. The third-order valence-electron chi connectivity index (χ3n) is 6.12. The SMILES string of the molecule is Cc1ccc(S(=O)(=O)N(C)CC(=O)N(Cc2ccc(Cl)cc2)[C@@H](Cc2ccccc2)C(=O)NC(C)(C)C)cc1. The van der Waals surface area contributed by atoms with Crippen molar-refractivity contribution in [2.75, 3.05) is 13.6 Å². The number of nitrogens with zero attached hydrogens (tertiary/aromatic N) is 2. The summed E-state index contributed by atoms with van der Waals surface area (Å²) in [6.45, 7) is 7.16. The first-order chi connectivity index (χ1) is 18.3. The van der Waals surface area contributed by atoms with Crippen LogP contribution in [0, 0.1) is 6.92 Å². The minimum Gasteiger partial charge on any atom is -0.350 e. The highest BCUT2D eigenvalue weighted by Crippen LogP contribution is 2.20. The maximum Gasteiger partial charge on any atom is 0.243 e. The molecule has 1 atom stereocenters. The first kappa shape index (κ1) is 30.3. The van der Waals surface area contributed by atoms with Crippen LogP contribution >= 0.6 is 11.6 Å². The molecule has 3 rings (SSSR count). The summed E-state index contributed by atoms with van der Waals surface area (Å²) in [7, 11) is -2.56. The van der Waals surface area contributed by atoms with Gasteiger partial charge in [0.15, 0.2) is 0 Å². The number of hydrogen-bond donors (Lipinski definition) is 1. The van der Waals surface area contributed by atoms with Crippen molar-refractivity contribution in [1.29, 1.82) is 0 Å². The number of aryl methyl sites for hydroxylation is 1. The molecule has 0 aliphatic rings. The summed E-state index contributed by atoms with van der Waals surface area (Å²) in [5, 5.41) is 3.55. The lowest BCUT2D eigenvalue weighted by Crippen LogP contribution is -2.56. The van der Waals surface area contributed by atoms with Gasteiger partial charge in [-0.25, -0.2) is 8.42 Å². The molecule has 0 fully saturated rings. The van der Waals surface area contributed by atoms with Crippen LogP contribution in [0.1, 0.15) is 37.5 Å². The third kappa shape index (κ3) is 8.65. The van der Waals surface area contributed by atoms with Crippen molar-refractivity contribution in [3.05, 3.63) is 101 Å². The number of carbonyl (C=O) groups excluding carboxylic acids is 2. The van der Waals surface area contributed by atoms with Gasteiger partial charge in [0, 0.05) is 30.6 Å². The smallest absolute Gasteiger partial charge is 0.243 e. The van der Waals surface area contributed by atoms with Gasteiger partial charge in [-0.1, -0.05) is 71.8 Å². The topological polar surface area (TPSA) is 86.8 Å². The number of likely N-dealkylation sites (N-methyl/N-ethyl adjacent to an activating group) is 1. The van der Waals surface area contributed by atoms with Crippen molar-refractivity contribution in [2.45, 2.75) is 57.1 Å². The highest BCUT2D eigenvalue weighted by molar-refractivity contribution is 7.89. The Morgan fingerprint density at radius 2 is 1.49 bits per heavy atom. The van der Waals surface area contributed by atoms with Crippen molar-refractivity contribution >= 4 is 33.4 Å². The van der Waals surface area contributed by atoms with Crippen LogP contribution in [-0.2, 0) is 32.6 Å². The molecule has 0 saturated heterocycles. The zero-order chi connectivity index (χ0) is 28.8. The van der Waals surface area contributed by atoms with Crippen LogP contribution in [0.25, 0.3) is 0 Å². The van der Waals surface area contributed by atoms with E-state index in [1.165, 1.54) is 24.1 Å². The van der Waals surface area contributed by atoms with Crippen molar-refractivity contribution < 1.29 is 18.0 Å². The van der Waals surface area contributed by atoms with Gasteiger partial charge in [-0.15, -0.1) is 0 Å². The molecule has 0 heterocycles. The Balaban J connectivity index is 1.98. The molecule has 1 N–H and O–H groups in total. The number of sulfonamides is 1. The van der Waals surface area contributed by atoms with Gasteiger partial charge in [-0.05, 0) is 63.1 Å². The van der Waals surface area contributed by atoms with Crippen LogP contribution in [0.5, 0.6) is 0 Å². The van der Waals surface area contributed by atoms with E-state index in [2.05, 4.69) is 5.32 Å². The van der Waals surface area contributed by atoms with Gasteiger partial charge in [0.2, 0.25) is 21.8 Å². The lowest BCUT2D eigenvalue weighted by atomic mass is 10.0. The Morgan fingerprint density at radius 3 is 2.05 bits per heavy atom. The minimum atomic E-state index is -3.93. The van der Waals surface area contributed by atoms with Gasteiger partial charge in [0.05, 0.1) is 11.4 Å². The summed E-state index contributed by atoms with van der Waals surface area (Å²) < 4.78 is 27.5. The van der Waals surface area contributed by atoms with Crippen molar-refractivity contribution in [2.24, 2.45) is 0 Å². The Labute approximate surface area is 236 Å². The van der Waals surface area contributed by atoms with Crippen LogP contribution < -0.4 is 5.32 Å². The largest absolute Gasteiger partial charge is 0.350 e. The van der Waals surface area contributed by atoms with E-state index >= 15 is 0 Å². The molecule has 0 aliphatic heterocycles. The molecule has 0 aromatic heterocycles. The molecule has 9 heteroatoms. The first-order valence-corrected chi connectivity index (χ1v) is 14.5. The Morgan fingerprint density at radius 1 is 0.897 bits per heavy atom. The van der Waals surface area contributed by atoms with E-state index in [1.807, 2.05) is 58.0 Å². The van der Waals surface area contributed by atoms with E-state index in [0.29, 0.717) is 5.02 Å². The highest BCUT2D eigenvalue weighted by atomic mass is 35.5. The van der Waals surface area contributed by atoms with E-state index in [0.717, 1.165) is 21.0 Å².